The van der Waals surface area contributed by atoms with Crippen molar-refractivity contribution in [2.24, 2.45) is 5.73 Å². The molecule has 0 atom stereocenters. The van der Waals surface area contributed by atoms with Crippen LogP contribution in [0.25, 0.3) is 11.3 Å². The molecule has 1 radical (unpaired) electrons. The second-order valence-electron chi connectivity index (χ2n) is 2.64. The SMILES string of the molecule is NC(=O)n1n[c]cc1-c1ccncc1. The van der Waals surface area contributed by atoms with Crippen molar-refractivity contribution in [3.8, 4) is 11.3 Å². The van der Waals surface area contributed by atoms with Gasteiger partial charge in [0.15, 0.2) is 0 Å². The van der Waals surface area contributed by atoms with E-state index in [2.05, 4.69) is 16.3 Å². The molecular formula is C9H7N4O. The highest BCUT2D eigenvalue weighted by Crippen LogP contribution is 2.16. The first-order valence-electron chi connectivity index (χ1n) is 3.95. The van der Waals surface area contributed by atoms with E-state index in [0.29, 0.717) is 5.69 Å². The molecule has 0 aliphatic rings. The monoisotopic (exact) mass is 187 g/mol. The summed E-state index contributed by atoms with van der Waals surface area (Å²) in [6.07, 6.45) is 5.84. The molecule has 0 bridgehead atoms. The Morgan fingerprint density at radius 1 is 1.43 bits per heavy atom. The normalized spacial score (nSPS) is 10.0. The van der Waals surface area contributed by atoms with Gasteiger partial charge in [0.1, 0.15) is 6.20 Å². The maximum atomic E-state index is 10.9. The fourth-order valence-electron chi connectivity index (χ4n) is 1.16. The van der Waals surface area contributed by atoms with Gasteiger partial charge in [0, 0.05) is 18.0 Å². The number of nitrogens with two attached hydrogens (primary N) is 1. The molecule has 0 spiro atoms. The van der Waals surface area contributed by atoms with Gasteiger partial charge < -0.3 is 5.73 Å². The molecule has 0 saturated carbocycles. The number of nitrogens with zero attached hydrogens (tertiary/aromatic N) is 3. The van der Waals surface area contributed by atoms with Crippen LogP contribution in [0.4, 0.5) is 4.79 Å². The summed E-state index contributed by atoms with van der Waals surface area (Å²) in [7, 11) is 0. The van der Waals surface area contributed by atoms with Crippen LogP contribution in [-0.2, 0) is 0 Å². The third-order valence-electron chi connectivity index (χ3n) is 1.77. The van der Waals surface area contributed by atoms with Crippen LogP contribution in [-0.4, -0.2) is 20.8 Å². The molecule has 5 nitrogen and oxygen atoms in total. The average Bonchev–Trinajstić information content (AvgIpc) is 2.67. The summed E-state index contributed by atoms with van der Waals surface area (Å²) >= 11 is 0. The lowest BCUT2D eigenvalue weighted by atomic mass is 10.2. The van der Waals surface area contributed by atoms with Crippen LogP contribution in [0, 0.1) is 6.20 Å². The second-order valence-corrected chi connectivity index (χ2v) is 2.64. The summed E-state index contributed by atoms with van der Waals surface area (Å²) in [5.41, 5.74) is 6.56. The molecule has 0 aliphatic carbocycles. The summed E-state index contributed by atoms with van der Waals surface area (Å²) in [5, 5.41) is 3.69. The third-order valence-corrected chi connectivity index (χ3v) is 1.77. The number of hydrogen-bond acceptors (Lipinski definition) is 3. The summed E-state index contributed by atoms with van der Waals surface area (Å²) in [6, 6.07) is 4.51. The van der Waals surface area contributed by atoms with E-state index in [0.717, 1.165) is 10.2 Å². The lowest BCUT2D eigenvalue weighted by molar-refractivity contribution is 0.248. The summed E-state index contributed by atoms with van der Waals surface area (Å²) in [6.45, 7) is 0. The van der Waals surface area contributed by atoms with Crippen LogP contribution in [0.2, 0.25) is 0 Å². The van der Waals surface area contributed by atoms with E-state index in [1.807, 2.05) is 0 Å². The van der Waals surface area contributed by atoms with E-state index >= 15 is 0 Å². The van der Waals surface area contributed by atoms with Gasteiger partial charge in [-0.3, -0.25) is 4.98 Å². The lowest BCUT2D eigenvalue weighted by Crippen LogP contribution is -2.21. The maximum absolute atomic E-state index is 10.9. The highest BCUT2D eigenvalue weighted by molar-refractivity contribution is 5.79. The van der Waals surface area contributed by atoms with Crippen LogP contribution in [0.3, 0.4) is 0 Å². The van der Waals surface area contributed by atoms with Crippen LogP contribution < -0.4 is 5.73 Å². The molecule has 5 heteroatoms. The first kappa shape index (κ1) is 8.43. The van der Waals surface area contributed by atoms with Gasteiger partial charge in [-0.2, -0.15) is 9.78 Å². The minimum absolute atomic E-state index is 0.611. The first-order chi connectivity index (χ1) is 6.79. The van der Waals surface area contributed by atoms with Crippen molar-refractivity contribution in [3.05, 3.63) is 36.8 Å². The Labute approximate surface area is 80.2 Å². The Hall–Kier alpha value is -2.17. The zero-order valence-corrected chi connectivity index (χ0v) is 7.21. The fourth-order valence-corrected chi connectivity index (χ4v) is 1.16. The molecule has 2 rings (SSSR count). The van der Waals surface area contributed by atoms with Crippen LogP contribution in [0.1, 0.15) is 0 Å². The minimum atomic E-state index is -0.627. The van der Waals surface area contributed by atoms with Gasteiger partial charge in [-0.1, -0.05) is 0 Å². The van der Waals surface area contributed by atoms with Crippen LogP contribution in [0.15, 0.2) is 30.6 Å². The molecule has 0 aromatic carbocycles. The number of carbonyl (C=O) groups is 1. The molecule has 2 N–H and O–H groups in total. The molecule has 0 fully saturated rings. The van der Waals surface area contributed by atoms with Gasteiger partial charge in [0.05, 0.1) is 5.69 Å². The van der Waals surface area contributed by atoms with Gasteiger partial charge in [0.25, 0.3) is 0 Å². The molecule has 0 aliphatic heterocycles. The standard InChI is InChI=1S/C9H7N4O/c10-9(14)13-8(3-6-12-13)7-1-4-11-5-2-7/h1-5H,(H2,10,14). The maximum Gasteiger partial charge on any atom is 0.340 e. The third kappa shape index (κ3) is 1.35. The van der Waals surface area contributed by atoms with Gasteiger partial charge in [0.2, 0.25) is 0 Å². The lowest BCUT2D eigenvalue weighted by Gasteiger charge is -2.01. The van der Waals surface area contributed by atoms with Gasteiger partial charge in [-0.05, 0) is 18.2 Å². The van der Waals surface area contributed by atoms with Gasteiger partial charge in [-0.15, -0.1) is 0 Å². The van der Waals surface area contributed by atoms with Crippen molar-refractivity contribution >= 4 is 6.03 Å². The van der Waals surface area contributed by atoms with Crippen LogP contribution >= 0.6 is 0 Å². The number of hydrogen-bond donors (Lipinski definition) is 1. The second kappa shape index (κ2) is 3.29. The Bertz CT molecular complexity index is 449. The molecule has 2 aromatic rings. The van der Waals surface area contributed by atoms with Gasteiger partial charge in [-0.25, -0.2) is 4.79 Å². The molecule has 0 saturated heterocycles. The molecule has 0 unspecified atom stereocenters. The number of carbonyl (C=O) groups excluding carboxylic acids is 1. The van der Waals surface area contributed by atoms with Crippen molar-refractivity contribution in [1.82, 2.24) is 14.8 Å². The number of aromatic nitrogens is 3. The van der Waals surface area contributed by atoms with Crippen molar-refractivity contribution in [2.45, 2.75) is 0 Å². The number of primary amides is 1. The predicted molar refractivity (Wildman–Crippen MR) is 49.3 cm³/mol. The molecule has 2 heterocycles. The van der Waals surface area contributed by atoms with Crippen molar-refractivity contribution < 1.29 is 4.79 Å². The zero-order valence-electron chi connectivity index (χ0n) is 7.21. The topological polar surface area (TPSA) is 73.8 Å². The minimum Gasteiger partial charge on any atom is -0.350 e. The number of amides is 1. The number of rotatable bonds is 1. The van der Waals surface area contributed by atoms with Crippen molar-refractivity contribution in [3.63, 3.8) is 0 Å². The van der Waals surface area contributed by atoms with Crippen molar-refractivity contribution in [2.75, 3.05) is 0 Å². The highest BCUT2D eigenvalue weighted by Gasteiger charge is 2.08. The molecule has 14 heavy (non-hydrogen) atoms. The fraction of sp³-hybridized carbons (Fsp3) is 0. The Morgan fingerprint density at radius 2 is 2.14 bits per heavy atom. The summed E-state index contributed by atoms with van der Waals surface area (Å²) < 4.78 is 1.09. The zero-order chi connectivity index (χ0) is 9.97. The van der Waals surface area contributed by atoms with E-state index in [4.69, 9.17) is 5.73 Å². The Kier molecular flexibility index (Phi) is 1.98. The smallest absolute Gasteiger partial charge is 0.340 e. The summed E-state index contributed by atoms with van der Waals surface area (Å²) in [5.74, 6) is 0. The van der Waals surface area contributed by atoms with E-state index in [-0.39, 0.29) is 0 Å². The predicted octanol–water partition coefficient (Wildman–Crippen LogP) is 0.672. The molecule has 1 amide bonds. The molecule has 2 aromatic heterocycles. The Balaban J connectivity index is 2.52. The van der Waals surface area contributed by atoms with Gasteiger partial charge >= 0.3 is 6.03 Å². The van der Waals surface area contributed by atoms with E-state index < -0.39 is 6.03 Å². The summed E-state index contributed by atoms with van der Waals surface area (Å²) in [4.78, 5) is 14.8. The first-order valence-corrected chi connectivity index (χ1v) is 3.95. The molecular weight excluding hydrogens is 180 g/mol. The molecule has 69 valence electrons. The van der Waals surface area contributed by atoms with Crippen LogP contribution in [0.5, 0.6) is 0 Å². The highest BCUT2D eigenvalue weighted by atomic mass is 16.2. The number of pyridine rings is 1. The largest absolute Gasteiger partial charge is 0.350 e. The van der Waals surface area contributed by atoms with E-state index in [9.17, 15) is 4.79 Å². The quantitative estimate of drug-likeness (QED) is 0.713. The van der Waals surface area contributed by atoms with E-state index in [1.54, 1.807) is 30.6 Å². The average molecular weight is 187 g/mol. The van der Waals surface area contributed by atoms with E-state index in [1.165, 1.54) is 0 Å². The Morgan fingerprint density at radius 3 is 2.79 bits per heavy atom. The van der Waals surface area contributed by atoms with Crippen molar-refractivity contribution in [1.29, 1.82) is 0 Å².